The van der Waals surface area contributed by atoms with Crippen LogP contribution in [-0.2, 0) is 54.6 Å². The summed E-state index contributed by atoms with van der Waals surface area (Å²) in [5.41, 5.74) is 2.12. The minimum atomic E-state index is -1.02. The number of ether oxygens (including phenoxy) is 5. The zero-order valence-electron chi connectivity index (χ0n) is 30.8. The summed E-state index contributed by atoms with van der Waals surface area (Å²) in [6.07, 6.45) is -1.20. The quantitative estimate of drug-likeness (QED) is 0.106. The number of hydrogen-bond donors (Lipinski definition) is 1. The van der Waals surface area contributed by atoms with Gasteiger partial charge in [-0.25, -0.2) is 19.2 Å². The molecule has 0 spiro atoms. The maximum Gasteiger partial charge on any atom is 0.410 e. The number of methoxy groups -OCH3 is 1. The predicted octanol–water partition coefficient (Wildman–Crippen LogP) is 7.06. The molecule has 0 aliphatic heterocycles. The maximum atomic E-state index is 13.3. The van der Waals surface area contributed by atoms with Gasteiger partial charge in [-0.3, -0.25) is 9.80 Å². The van der Waals surface area contributed by atoms with E-state index in [1.165, 1.54) is 37.1 Å². The predicted molar refractivity (Wildman–Crippen MR) is 196 cm³/mol. The van der Waals surface area contributed by atoms with Crippen LogP contribution < -0.4 is 4.74 Å². The Morgan fingerprint density at radius 1 is 0.642 bits per heavy atom. The van der Waals surface area contributed by atoms with Crippen molar-refractivity contribution >= 4 is 24.1 Å². The molecule has 0 fully saturated rings. The second kappa shape index (κ2) is 18.5. The van der Waals surface area contributed by atoms with Crippen LogP contribution in [0.4, 0.5) is 9.59 Å². The average molecular weight is 727 g/mol. The lowest BCUT2D eigenvalue weighted by Gasteiger charge is -2.29. The van der Waals surface area contributed by atoms with Gasteiger partial charge < -0.3 is 28.8 Å². The Labute approximate surface area is 309 Å². The van der Waals surface area contributed by atoms with Crippen molar-refractivity contribution in [2.75, 3.05) is 21.2 Å². The Hall–Kier alpha value is -6.04. The molecule has 2 amide bonds. The minimum Gasteiger partial charge on any atom is -0.504 e. The minimum absolute atomic E-state index is 0.0351. The van der Waals surface area contributed by atoms with Crippen molar-refractivity contribution in [3.05, 3.63) is 125 Å². The van der Waals surface area contributed by atoms with Crippen LogP contribution in [0.3, 0.4) is 0 Å². The summed E-state index contributed by atoms with van der Waals surface area (Å²) in [7, 11) is 4.18. The van der Waals surface area contributed by atoms with Crippen LogP contribution in [0.2, 0.25) is 0 Å². The third-order valence-electron chi connectivity index (χ3n) is 8.11. The van der Waals surface area contributed by atoms with E-state index in [1.54, 1.807) is 57.2 Å². The second-order valence-electron chi connectivity index (χ2n) is 13.3. The summed E-state index contributed by atoms with van der Waals surface area (Å²) in [6, 6.07) is 27.8. The number of rotatable bonds is 14. The Morgan fingerprint density at radius 3 is 1.72 bits per heavy atom. The van der Waals surface area contributed by atoms with E-state index in [0.717, 1.165) is 11.1 Å². The summed E-state index contributed by atoms with van der Waals surface area (Å²) in [5.74, 6) is -0.904. The van der Waals surface area contributed by atoms with E-state index in [0.29, 0.717) is 16.9 Å². The molecule has 0 bridgehead atoms. The third kappa shape index (κ3) is 12.0. The molecule has 0 saturated heterocycles. The van der Waals surface area contributed by atoms with Crippen molar-refractivity contribution < 1.29 is 48.0 Å². The first-order valence-electron chi connectivity index (χ1n) is 17.0. The van der Waals surface area contributed by atoms with Gasteiger partial charge in [0, 0.05) is 26.9 Å². The highest BCUT2D eigenvalue weighted by Gasteiger charge is 2.32. The van der Waals surface area contributed by atoms with E-state index in [1.807, 2.05) is 60.7 Å². The monoisotopic (exact) mass is 726 g/mol. The molecule has 4 aromatic rings. The smallest absolute Gasteiger partial charge is 0.410 e. The van der Waals surface area contributed by atoms with E-state index in [2.05, 4.69) is 0 Å². The first-order chi connectivity index (χ1) is 25.2. The van der Waals surface area contributed by atoms with Crippen LogP contribution in [0.5, 0.6) is 17.2 Å². The molecule has 4 aromatic carbocycles. The van der Waals surface area contributed by atoms with Gasteiger partial charge in [-0.05, 0) is 67.3 Å². The molecule has 4 rings (SSSR count). The lowest BCUT2D eigenvalue weighted by atomic mass is 10.0. The molecular formula is C41H46N2O10. The Bertz CT molecular complexity index is 1830. The van der Waals surface area contributed by atoms with E-state index in [4.69, 9.17) is 23.7 Å². The van der Waals surface area contributed by atoms with E-state index in [-0.39, 0.29) is 37.6 Å². The number of carbonyl (C=O) groups excluding carboxylic acids is 4. The molecule has 53 heavy (non-hydrogen) atoms. The fourth-order valence-corrected chi connectivity index (χ4v) is 5.16. The lowest BCUT2D eigenvalue weighted by Crippen LogP contribution is -2.46. The summed E-state index contributed by atoms with van der Waals surface area (Å²) in [4.78, 5) is 54.3. The molecule has 0 heterocycles. The largest absolute Gasteiger partial charge is 0.504 e. The third-order valence-corrected chi connectivity index (χ3v) is 8.11. The number of aromatic hydroxyl groups is 1. The van der Waals surface area contributed by atoms with Gasteiger partial charge in [0.2, 0.25) is 0 Å². The van der Waals surface area contributed by atoms with E-state index < -0.39 is 41.8 Å². The summed E-state index contributed by atoms with van der Waals surface area (Å²) < 4.78 is 27.5. The molecular weight excluding hydrogens is 680 g/mol. The highest BCUT2D eigenvalue weighted by molar-refractivity contribution is 5.82. The lowest BCUT2D eigenvalue weighted by molar-refractivity contribution is -0.150. The van der Waals surface area contributed by atoms with Gasteiger partial charge in [-0.1, -0.05) is 78.9 Å². The maximum absolute atomic E-state index is 13.3. The van der Waals surface area contributed by atoms with Crippen LogP contribution in [0, 0.1) is 0 Å². The summed E-state index contributed by atoms with van der Waals surface area (Å²) >= 11 is 0. The molecule has 12 heteroatoms. The van der Waals surface area contributed by atoms with Gasteiger partial charge in [0.05, 0.1) is 7.11 Å². The molecule has 1 N–H and O–H groups in total. The van der Waals surface area contributed by atoms with Crippen molar-refractivity contribution in [1.82, 2.24) is 9.80 Å². The molecule has 1 unspecified atom stereocenters. The SMILES string of the molecule is COC(=O)[C@H](Cc1ccc(O)c(Oc2ccc(CC(C(=O)OCc3ccccc3)N(C)C(=O)OC(C)(C)C)cc2)c1)N(C)C(=O)OCc1ccccc1. The van der Waals surface area contributed by atoms with Gasteiger partial charge in [-0.15, -0.1) is 0 Å². The van der Waals surface area contributed by atoms with Gasteiger partial charge in [0.25, 0.3) is 0 Å². The van der Waals surface area contributed by atoms with Crippen LogP contribution in [0.1, 0.15) is 43.0 Å². The molecule has 0 aliphatic carbocycles. The van der Waals surface area contributed by atoms with Crippen LogP contribution in [0.25, 0.3) is 0 Å². The van der Waals surface area contributed by atoms with E-state index in [9.17, 15) is 24.3 Å². The highest BCUT2D eigenvalue weighted by Crippen LogP contribution is 2.32. The number of phenols is 1. The number of carbonyl (C=O) groups is 4. The van der Waals surface area contributed by atoms with Gasteiger partial charge in [0.15, 0.2) is 11.5 Å². The molecule has 0 aliphatic rings. The number of benzene rings is 4. The van der Waals surface area contributed by atoms with Crippen LogP contribution in [-0.4, -0.2) is 77.9 Å². The van der Waals surface area contributed by atoms with Crippen molar-refractivity contribution in [3.8, 4) is 17.2 Å². The van der Waals surface area contributed by atoms with Gasteiger partial charge >= 0.3 is 24.1 Å². The first-order valence-corrected chi connectivity index (χ1v) is 17.0. The molecule has 0 radical (unpaired) electrons. The normalized spacial score (nSPS) is 12.1. The Balaban J connectivity index is 1.45. The van der Waals surface area contributed by atoms with Crippen LogP contribution >= 0.6 is 0 Å². The van der Waals surface area contributed by atoms with Crippen LogP contribution in [0.15, 0.2) is 103 Å². The van der Waals surface area contributed by atoms with Gasteiger partial charge in [0.1, 0.15) is 36.6 Å². The Morgan fingerprint density at radius 2 is 1.15 bits per heavy atom. The molecule has 2 atom stereocenters. The zero-order chi connectivity index (χ0) is 38.5. The number of likely N-dealkylation sites (N-methyl/N-ethyl adjacent to an activating group) is 2. The molecule has 0 aromatic heterocycles. The summed E-state index contributed by atoms with van der Waals surface area (Å²) in [6.45, 7) is 5.31. The Kier molecular flexibility index (Phi) is 13.8. The average Bonchev–Trinajstić information content (AvgIpc) is 3.15. The van der Waals surface area contributed by atoms with E-state index >= 15 is 0 Å². The molecule has 12 nitrogen and oxygen atoms in total. The number of hydrogen-bond acceptors (Lipinski definition) is 10. The van der Waals surface area contributed by atoms with Crippen molar-refractivity contribution in [1.29, 1.82) is 0 Å². The highest BCUT2D eigenvalue weighted by atomic mass is 16.6. The standard InChI is InChI=1S/C41H46N2O10/c1-41(2,3)53-40(48)43(5)34(38(46)50-26-29-13-9-7-10-14-29)23-28-17-20-32(21-18-28)52-36-25-31(19-22-35(36)44)24-33(37(45)49-6)42(4)39(47)51-27-30-15-11-8-12-16-30/h7-22,25,33-34,44H,23-24,26-27H2,1-6H3/t33-,34?/m0/s1. The van der Waals surface area contributed by atoms with Crippen molar-refractivity contribution in [2.45, 2.75) is 64.5 Å². The van der Waals surface area contributed by atoms with Crippen molar-refractivity contribution in [2.24, 2.45) is 0 Å². The number of nitrogens with zero attached hydrogens (tertiary/aromatic N) is 2. The fraction of sp³-hybridized carbons (Fsp3) is 0.317. The second-order valence-corrected chi connectivity index (χ2v) is 13.3. The van der Waals surface area contributed by atoms with Crippen molar-refractivity contribution in [3.63, 3.8) is 0 Å². The first kappa shape index (κ1) is 39.7. The fourth-order valence-electron chi connectivity index (χ4n) is 5.16. The topological polar surface area (TPSA) is 141 Å². The summed E-state index contributed by atoms with van der Waals surface area (Å²) in [5, 5.41) is 10.6. The number of esters is 2. The number of phenolic OH excluding ortho intramolecular Hbond substituents is 1. The molecule has 0 saturated carbocycles. The molecule has 280 valence electrons. The zero-order valence-corrected chi connectivity index (χ0v) is 30.8. The number of amides is 2. The van der Waals surface area contributed by atoms with Gasteiger partial charge in [-0.2, -0.15) is 0 Å².